The van der Waals surface area contributed by atoms with E-state index in [0.717, 1.165) is 32.1 Å². The molecule has 0 amide bonds. The van der Waals surface area contributed by atoms with Crippen molar-refractivity contribution in [2.45, 2.75) is 227 Å². The van der Waals surface area contributed by atoms with Crippen molar-refractivity contribution in [2.75, 3.05) is 33.0 Å². The molecule has 1 radical (unpaired) electrons. The molecule has 0 aromatic heterocycles. The van der Waals surface area contributed by atoms with Crippen LogP contribution in [-0.4, -0.2) is 33.0 Å². The lowest BCUT2D eigenvalue weighted by Gasteiger charge is -2.22. The van der Waals surface area contributed by atoms with Crippen LogP contribution in [0.4, 0.5) is 0 Å². The van der Waals surface area contributed by atoms with Crippen molar-refractivity contribution in [3.63, 3.8) is 0 Å². The summed E-state index contributed by atoms with van der Waals surface area (Å²) >= 11 is 0. The van der Waals surface area contributed by atoms with Gasteiger partial charge in [-0.3, -0.25) is 0 Å². The van der Waals surface area contributed by atoms with Crippen LogP contribution in [0, 0.1) is 6.07 Å². The van der Waals surface area contributed by atoms with Crippen LogP contribution in [0.1, 0.15) is 227 Å². The second kappa shape index (κ2) is 36.6. The monoisotopic (exact) mass is 718 g/mol. The first-order valence-corrected chi connectivity index (χ1v) is 22.5. The quantitative estimate of drug-likeness (QED) is 0.0633. The van der Waals surface area contributed by atoms with E-state index < -0.39 is 0 Å². The summed E-state index contributed by atoms with van der Waals surface area (Å²) in [6, 6.07) is 3.53. The van der Waals surface area contributed by atoms with Gasteiger partial charge >= 0.3 is 0 Å². The molecule has 0 aliphatic rings. The molecular weight excluding hydrogens is 633 g/mol. The Labute approximate surface area is 318 Å². The summed E-state index contributed by atoms with van der Waals surface area (Å²) in [6.07, 6.45) is 36.6. The second-order valence-corrected chi connectivity index (χ2v) is 14.9. The van der Waals surface area contributed by atoms with E-state index in [1.54, 1.807) is 0 Å². The maximum Gasteiger partial charge on any atom is 0.211 e. The van der Waals surface area contributed by atoms with Crippen molar-refractivity contribution in [1.82, 2.24) is 0 Å². The van der Waals surface area contributed by atoms with Gasteiger partial charge in [0.15, 0.2) is 11.5 Å². The summed E-state index contributed by atoms with van der Waals surface area (Å²) in [5.74, 6) is 3.22. The Balaban J connectivity index is 3.29. The van der Waals surface area contributed by atoms with Crippen LogP contribution in [0.5, 0.6) is 28.7 Å². The van der Waals surface area contributed by atoms with Gasteiger partial charge in [-0.1, -0.05) is 195 Å². The lowest BCUT2D eigenvalue weighted by atomic mass is 10.1. The van der Waals surface area contributed by atoms with E-state index >= 15 is 0 Å². The van der Waals surface area contributed by atoms with Crippen LogP contribution in [0.3, 0.4) is 0 Å². The molecule has 1 rings (SSSR count). The van der Waals surface area contributed by atoms with Gasteiger partial charge in [-0.05, 0) is 32.1 Å². The fourth-order valence-corrected chi connectivity index (χ4v) is 6.41. The molecular formula is C46H85O5. The van der Waals surface area contributed by atoms with Gasteiger partial charge in [-0.25, -0.2) is 0 Å². The van der Waals surface area contributed by atoms with Gasteiger partial charge in [0.05, 0.1) is 39.1 Å². The van der Waals surface area contributed by atoms with Gasteiger partial charge in [0.25, 0.3) is 0 Å². The highest BCUT2D eigenvalue weighted by atomic mass is 16.6. The van der Waals surface area contributed by atoms with Crippen LogP contribution in [0.2, 0.25) is 0 Å². The smallest absolute Gasteiger partial charge is 0.211 e. The largest absolute Gasteiger partial charge is 0.489 e. The predicted molar refractivity (Wildman–Crippen MR) is 220 cm³/mol. The maximum atomic E-state index is 6.69. The predicted octanol–water partition coefficient (Wildman–Crippen LogP) is 15.2. The first-order valence-electron chi connectivity index (χ1n) is 22.5. The van der Waals surface area contributed by atoms with Crippen LogP contribution in [0.25, 0.3) is 0 Å². The minimum atomic E-state index is 0.623. The summed E-state index contributed by atoms with van der Waals surface area (Å²) < 4.78 is 33.0. The first-order chi connectivity index (χ1) is 25.2. The fraction of sp³-hybridized carbons (Fsp3) is 0.870. The summed E-state index contributed by atoms with van der Waals surface area (Å²) in [4.78, 5) is 0. The van der Waals surface area contributed by atoms with Gasteiger partial charge in [-0.2, -0.15) is 0 Å². The van der Waals surface area contributed by atoms with Crippen LogP contribution in [0.15, 0.2) is 0 Å². The molecule has 1 aromatic rings. The third-order valence-electron chi connectivity index (χ3n) is 9.77. The molecule has 0 unspecified atom stereocenters. The maximum absolute atomic E-state index is 6.69. The van der Waals surface area contributed by atoms with Gasteiger partial charge in [0, 0.05) is 0 Å². The van der Waals surface area contributed by atoms with Crippen molar-refractivity contribution in [3.05, 3.63) is 6.07 Å². The summed E-state index contributed by atoms with van der Waals surface area (Å²) in [6.45, 7) is 14.5. The van der Waals surface area contributed by atoms with Crippen molar-refractivity contribution < 1.29 is 23.7 Å². The number of unbranched alkanes of at least 4 members (excludes halogenated alkanes) is 25. The molecule has 51 heavy (non-hydrogen) atoms. The molecule has 0 N–H and O–H groups in total. The fourth-order valence-electron chi connectivity index (χ4n) is 6.41. The molecule has 0 saturated carbocycles. The van der Waals surface area contributed by atoms with Crippen molar-refractivity contribution in [3.8, 4) is 28.7 Å². The van der Waals surface area contributed by atoms with Crippen LogP contribution >= 0.6 is 0 Å². The Hall–Kier alpha value is -1.78. The average Bonchev–Trinajstić information content (AvgIpc) is 3.14. The van der Waals surface area contributed by atoms with E-state index in [-0.39, 0.29) is 0 Å². The Morgan fingerprint density at radius 2 is 0.471 bits per heavy atom. The summed E-state index contributed by atoms with van der Waals surface area (Å²) in [7, 11) is 0. The number of benzene rings is 1. The molecule has 5 nitrogen and oxygen atoms in total. The minimum absolute atomic E-state index is 0.623. The highest BCUT2D eigenvalue weighted by Crippen LogP contribution is 2.51. The zero-order valence-electron chi connectivity index (χ0n) is 34.8. The third kappa shape index (κ3) is 25.8. The standard InChI is InChI=1S/C46H85O5/c1-6-11-16-21-26-31-36-47-42-41-43(48-37-32-27-22-17-12-7-2)45(50-39-34-29-24-19-14-9-4)46(51-40-35-30-25-20-15-10-5)44(42)49-38-33-28-23-18-13-8-3/h6-40H2,1-5H3. The molecule has 5 heteroatoms. The van der Waals surface area contributed by atoms with Crippen LogP contribution in [-0.2, 0) is 0 Å². The first kappa shape index (κ1) is 47.2. The number of hydrogen-bond acceptors (Lipinski definition) is 5. The molecule has 0 atom stereocenters. The molecule has 1 aromatic carbocycles. The molecule has 299 valence electrons. The SMILES string of the molecule is CCCCCCCCOc1[c]c(OCCCCCCCC)c(OCCCCCCCC)c(OCCCCCCCC)c1OCCCCCCCC. The average molecular weight is 718 g/mol. The van der Waals surface area contributed by atoms with Crippen molar-refractivity contribution >= 4 is 0 Å². The Kier molecular flexibility index (Phi) is 33.9. The highest BCUT2D eigenvalue weighted by Gasteiger charge is 2.26. The van der Waals surface area contributed by atoms with E-state index in [0.29, 0.717) is 61.8 Å². The molecule has 0 saturated heterocycles. The number of hydrogen-bond donors (Lipinski definition) is 0. The van der Waals surface area contributed by atoms with Gasteiger partial charge in [0.1, 0.15) is 0 Å². The Bertz CT molecular complexity index is 813. The van der Waals surface area contributed by atoms with Gasteiger partial charge < -0.3 is 23.7 Å². The summed E-state index contributed by atoms with van der Waals surface area (Å²) in [5.41, 5.74) is 0. The zero-order valence-corrected chi connectivity index (χ0v) is 34.8. The molecule has 0 aliphatic heterocycles. The molecule has 0 heterocycles. The van der Waals surface area contributed by atoms with E-state index in [4.69, 9.17) is 23.7 Å². The molecule has 0 aliphatic carbocycles. The van der Waals surface area contributed by atoms with Crippen molar-refractivity contribution in [1.29, 1.82) is 0 Å². The van der Waals surface area contributed by atoms with E-state index in [2.05, 4.69) is 40.7 Å². The van der Waals surface area contributed by atoms with E-state index in [1.165, 1.54) is 161 Å². The van der Waals surface area contributed by atoms with Crippen molar-refractivity contribution in [2.24, 2.45) is 0 Å². The van der Waals surface area contributed by atoms with Gasteiger partial charge in [0.2, 0.25) is 17.2 Å². The topological polar surface area (TPSA) is 46.2 Å². The molecule has 0 spiro atoms. The highest BCUT2D eigenvalue weighted by molar-refractivity contribution is 5.65. The Morgan fingerprint density at radius 3 is 0.745 bits per heavy atom. The normalized spacial score (nSPS) is 11.2. The Morgan fingerprint density at radius 1 is 0.255 bits per heavy atom. The van der Waals surface area contributed by atoms with E-state index in [1.807, 2.05) is 0 Å². The van der Waals surface area contributed by atoms with Gasteiger partial charge in [-0.15, -0.1) is 0 Å². The number of rotatable bonds is 40. The lowest BCUT2D eigenvalue weighted by Crippen LogP contribution is -2.11. The number of ether oxygens (including phenoxy) is 5. The summed E-state index contributed by atoms with van der Waals surface area (Å²) in [5, 5.41) is 0. The third-order valence-corrected chi connectivity index (χ3v) is 9.77. The van der Waals surface area contributed by atoms with E-state index in [9.17, 15) is 0 Å². The van der Waals surface area contributed by atoms with Crippen LogP contribution < -0.4 is 23.7 Å². The second-order valence-electron chi connectivity index (χ2n) is 14.9. The molecule has 0 bridgehead atoms. The lowest BCUT2D eigenvalue weighted by molar-refractivity contribution is 0.206. The zero-order chi connectivity index (χ0) is 36.9. The minimum Gasteiger partial charge on any atom is -0.489 e. The molecule has 0 fully saturated rings.